The summed E-state index contributed by atoms with van der Waals surface area (Å²) in [5, 5.41) is 12.8. The molecule has 6 atom stereocenters. The van der Waals surface area contributed by atoms with Crippen LogP contribution in [0.4, 0.5) is 0 Å². The van der Waals surface area contributed by atoms with Gasteiger partial charge < -0.3 is 19.9 Å². The Hall–Kier alpha value is -0.940. The Balaban J connectivity index is 1.62. The molecule has 0 radical (unpaired) electrons. The first-order chi connectivity index (χ1) is 9.21. The molecule has 1 saturated carbocycles. The molecule has 0 spiro atoms. The quantitative estimate of drug-likeness (QED) is 0.834. The number of fused-ring (bicyclic) bond motifs is 5. The normalized spacial score (nSPS) is 47.6. The summed E-state index contributed by atoms with van der Waals surface area (Å²) in [5.74, 6) is -0.287. The lowest BCUT2D eigenvalue weighted by molar-refractivity contribution is -0.177. The molecule has 1 unspecified atom stereocenters. The van der Waals surface area contributed by atoms with E-state index >= 15 is 0 Å². The average Bonchev–Trinajstić information content (AvgIpc) is 3.08. The molecular formula is C15H19NO3. The van der Waals surface area contributed by atoms with Crippen molar-refractivity contribution < 1.29 is 14.6 Å². The summed E-state index contributed by atoms with van der Waals surface area (Å²) in [7, 11) is 0. The summed E-state index contributed by atoms with van der Waals surface area (Å²) < 4.78 is 12.5. The predicted octanol–water partition coefficient (Wildman–Crippen LogP) is 0.996. The van der Waals surface area contributed by atoms with Gasteiger partial charge in [-0.1, -0.05) is 30.3 Å². The van der Waals surface area contributed by atoms with Gasteiger partial charge in [-0.25, -0.2) is 0 Å². The maximum absolute atomic E-state index is 9.40. The van der Waals surface area contributed by atoms with Crippen LogP contribution < -0.4 is 5.32 Å². The second-order valence-electron chi connectivity index (χ2n) is 5.94. The van der Waals surface area contributed by atoms with Gasteiger partial charge in [0.15, 0.2) is 5.79 Å². The van der Waals surface area contributed by atoms with Gasteiger partial charge in [0.05, 0.1) is 12.7 Å². The Morgan fingerprint density at radius 3 is 2.74 bits per heavy atom. The molecule has 1 aromatic rings. The molecule has 4 heteroatoms. The molecule has 0 amide bonds. The van der Waals surface area contributed by atoms with Gasteiger partial charge in [-0.2, -0.15) is 0 Å². The zero-order valence-corrected chi connectivity index (χ0v) is 11.0. The van der Waals surface area contributed by atoms with Crippen molar-refractivity contribution in [1.29, 1.82) is 0 Å². The molecule has 2 aliphatic heterocycles. The highest BCUT2D eigenvalue weighted by molar-refractivity contribution is 5.22. The first kappa shape index (κ1) is 11.9. The highest BCUT2D eigenvalue weighted by Gasteiger charge is 2.61. The molecule has 2 saturated heterocycles. The Morgan fingerprint density at radius 2 is 2.00 bits per heavy atom. The third-order valence-corrected chi connectivity index (χ3v) is 4.83. The van der Waals surface area contributed by atoms with Crippen LogP contribution >= 0.6 is 0 Å². The molecule has 3 fully saturated rings. The Morgan fingerprint density at radius 1 is 1.26 bits per heavy atom. The molecular weight excluding hydrogens is 242 g/mol. The van der Waals surface area contributed by atoms with Gasteiger partial charge in [-0.05, 0) is 13.3 Å². The van der Waals surface area contributed by atoms with Crippen LogP contribution in [0.2, 0.25) is 0 Å². The minimum absolute atomic E-state index is 0.105. The van der Waals surface area contributed by atoms with Crippen molar-refractivity contribution in [2.75, 3.05) is 6.61 Å². The summed E-state index contributed by atoms with van der Waals surface area (Å²) in [6, 6.07) is 10.6. The fourth-order valence-electron chi connectivity index (χ4n) is 3.90. The highest BCUT2D eigenvalue weighted by Crippen LogP contribution is 2.49. The lowest BCUT2D eigenvalue weighted by atomic mass is 9.97. The van der Waals surface area contributed by atoms with Crippen LogP contribution in [0.25, 0.3) is 0 Å². The molecule has 4 nitrogen and oxygen atoms in total. The molecule has 4 rings (SSSR count). The van der Waals surface area contributed by atoms with Gasteiger partial charge in [0.1, 0.15) is 6.10 Å². The predicted molar refractivity (Wildman–Crippen MR) is 69.4 cm³/mol. The average molecular weight is 261 g/mol. The number of benzene rings is 1. The van der Waals surface area contributed by atoms with Gasteiger partial charge in [0.2, 0.25) is 0 Å². The number of nitrogens with one attached hydrogen (secondary N) is 1. The van der Waals surface area contributed by atoms with Crippen LogP contribution in [0.3, 0.4) is 0 Å². The molecule has 2 bridgehead atoms. The number of hydrogen-bond donors (Lipinski definition) is 2. The van der Waals surface area contributed by atoms with Crippen LogP contribution in [0.15, 0.2) is 30.3 Å². The summed E-state index contributed by atoms with van der Waals surface area (Å²) in [6.07, 6.45) is 1.26. The van der Waals surface area contributed by atoms with Gasteiger partial charge in [-0.15, -0.1) is 0 Å². The van der Waals surface area contributed by atoms with Crippen molar-refractivity contribution in [1.82, 2.24) is 5.32 Å². The van der Waals surface area contributed by atoms with E-state index in [2.05, 4.69) is 5.32 Å². The second-order valence-corrected chi connectivity index (χ2v) is 5.94. The van der Waals surface area contributed by atoms with Crippen molar-refractivity contribution in [3.05, 3.63) is 35.9 Å². The number of aliphatic hydroxyl groups excluding tert-OH is 1. The fraction of sp³-hybridized carbons (Fsp3) is 0.600. The number of ether oxygens (including phenoxy) is 2. The topological polar surface area (TPSA) is 50.7 Å². The maximum atomic E-state index is 9.40. The zero-order chi connectivity index (χ0) is 13.0. The van der Waals surface area contributed by atoms with E-state index < -0.39 is 5.79 Å². The van der Waals surface area contributed by atoms with Crippen molar-refractivity contribution in [2.45, 2.75) is 43.4 Å². The van der Waals surface area contributed by atoms with E-state index in [9.17, 15) is 5.11 Å². The molecule has 1 aromatic carbocycles. The number of piperidine rings is 1. The van der Waals surface area contributed by atoms with Gasteiger partial charge in [-0.3, -0.25) is 0 Å². The molecule has 102 valence electrons. The zero-order valence-electron chi connectivity index (χ0n) is 11.0. The first-order valence-electron chi connectivity index (χ1n) is 6.99. The maximum Gasteiger partial charge on any atom is 0.192 e. The van der Waals surface area contributed by atoms with Crippen molar-refractivity contribution in [2.24, 2.45) is 5.92 Å². The Bertz CT molecular complexity index is 478. The van der Waals surface area contributed by atoms with E-state index in [0.717, 1.165) is 12.0 Å². The molecule has 0 aromatic heterocycles. The smallest absolute Gasteiger partial charge is 0.192 e. The summed E-state index contributed by atoms with van der Waals surface area (Å²) in [4.78, 5) is 0. The van der Waals surface area contributed by atoms with E-state index in [-0.39, 0.29) is 24.9 Å². The van der Waals surface area contributed by atoms with E-state index in [4.69, 9.17) is 9.47 Å². The number of rotatable bonds is 2. The van der Waals surface area contributed by atoms with E-state index in [1.54, 1.807) is 0 Å². The van der Waals surface area contributed by atoms with Gasteiger partial charge in [0.25, 0.3) is 0 Å². The first-order valence-corrected chi connectivity index (χ1v) is 6.99. The van der Waals surface area contributed by atoms with Crippen molar-refractivity contribution >= 4 is 0 Å². The van der Waals surface area contributed by atoms with Crippen LogP contribution in [-0.2, 0) is 15.3 Å². The monoisotopic (exact) mass is 261 g/mol. The fourth-order valence-corrected chi connectivity index (χ4v) is 3.90. The van der Waals surface area contributed by atoms with Crippen LogP contribution in [0.5, 0.6) is 0 Å². The van der Waals surface area contributed by atoms with Crippen LogP contribution in [0.1, 0.15) is 18.9 Å². The van der Waals surface area contributed by atoms with E-state index in [1.165, 1.54) is 0 Å². The van der Waals surface area contributed by atoms with Gasteiger partial charge >= 0.3 is 0 Å². The standard InChI is InChI=1S/C15H19NO3/c1-15(9-5-3-2-4-6-9)18-13-10-7-11(14(13)19-15)16-12(10)8-17/h2-6,10-14,16-17H,7-8H2,1H3/t10-,11-,12+,13-,14+,15?/m1/s1. The lowest BCUT2D eigenvalue weighted by Crippen LogP contribution is -2.51. The molecule has 2 N–H and O–H groups in total. The largest absolute Gasteiger partial charge is 0.395 e. The molecule has 19 heavy (non-hydrogen) atoms. The van der Waals surface area contributed by atoms with Crippen LogP contribution in [0, 0.1) is 5.92 Å². The van der Waals surface area contributed by atoms with Crippen molar-refractivity contribution in [3.8, 4) is 0 Å². The number of aliphatic hydroxyl groups is 1. The Labute approximate surface area is 112 Å². The SMILES string of the molecule is CC1(c2ccccc2)O[C@@H]2[C@@H]3C[C@@H](N[C@H]3CO)[C@@H]2O1. The van der Waals surface area contributed by atoms with E-state index in [1.807, 2.05) is 37.3 Å². The van der Waals surface area contributed by atoms with Crippen molar-refractivity contribution in [3.63, 3.8) is 0 Å². The third-order valence-electron chi connectivity index (χ3n) is 4.83. The van der Waals surface area contributed by atoms with Crippen LogP contribution in [-0.4, -0.2) is 36.0 Å². The van der Waals surface area contributed by atoms with E-state index in [0.29, 0.717) is 12.0 Å². The minimum atomic E-state index is -0.653. The Kier molecular flexibility index (Phi) is 2.51. The minimum Gasteiger partial charge on any atom is -0.395 e. The lowest BCUT2D eigenvalue weighted by Gasteiger charge is -2.28. The molecule has 2 heterocycles. The number of hydrogen-bond acceptors (Lipinski definition) is 4. The highest BCUT2D eigenvalue weighted by atomic mass is 16.8. The van der Waals surface area contributed by atoms with Gasteiger partial charge in [0, 0.05) is 23.6 Å². The second kappa shape index (κ2) is 4.03. The third kappa shape index (κ3) is 1.61. The molecule has 1 aliphatic carbocycles. The summed E-state index contributed by atoms with van der Waals surface area (Å²) >= 11 is 0. The molecule has 3 aliphatic rings. The summed E-state index contributed by atoms with van der Waals surface area (Å²) in [6.45, 7) is 2.17. The summed E-state index contributed by atoms with van der Waals surface area (Å²) in [5.41, 5.74) is 1.06.